The molecular formula is C11H14F3N3O. The minimum Gasteiger partial charge on any atom is -0.376 e. The number of hydrogen-bond donors (Lipinski definition) is 3. The fraction of sp³-hybridized carbons (Fsp3) is 0.364. The molecule has 0 heterocycles. The number of nitrogens with zero attached hydrogens (tertiary/aromatic N) is 1. The molecule has 0 radical (unpaired) electrons. The fourth-order valence-corrected chi connectivity index (χ4v) is 1.51. The molecule has 4 nitrogen and oxygen atoms in total. The van der Waals surface area contributed by atoms with Gasteiger partial charge in [0.2, 0.25) is 0 Å². The van der Waals surface area contributed by atoms with Crippen LogP contribution in [0.15, 0.2) is 35.3 Å². The van der Waals surface area contributed by atoms with Crippen molar-refractivity contribution >= 4 is 5.96 Å². The predicted octanol–water partition coefficient (Wildman–Crippen LogP) is 1.10. The van der Waals surface area contributed by atoms with Gasteiger partial charge in [-0.2, -0.15) is 13.2 Å². The van der Waals surface area contributed by atoms with Crippen molar-refractivity contribution in [1.29, 1.82) is 0 Å². The second-order valence-electron chi connectivity index (χ2n) is 3.78. The number of nitrogens with two attached hydrogens (primary N) is 2. The van der Waals surface area contributed by atoms with Crippen LogP contribution in [0.1, 0.15) is 12.0 Å². The number of alkyl halides is 3. The second-order valence-corrected chi connectivity index (χ2v) is 3.78. The summed E-state index contributed by atoms with van der Waals surface area (Å²) in [6, 6.07) is 6.83. The van der Waals surface area contributed by atoms with E-state index >= 15 is 0 Å². The molecule has 1 aromatic carbocycles. The lowest BCUT2D eigenvalue weighted by Crippen LogP contribution is -2.43. The highest BCUT2D eigenvalue weighted by molar-refractivity contribution is 5.75. The first-order valence-electron chi connectivity index (χ1n) is 5.17. The highest BCUT2D eigenvalue weighted by Gasteiger charge is 2.54. The van der Waals surface area contributed by atoms with Crippen LogP contribution in [-0.2, 0) is 5.60 Å². The third-order valence-electron chi connectivity index (χ3n) is 2.49. The van der Waals surface area contributed by atoms with Crippen molar-refractivity contribution in [3.05, 3.63) is 35.9 Å². The first-order valence-corrected chi connectivity index (χ1v) is 5.17. The Morgan fingerprint density at radius 3 is 2.17 bits per heavy atom. The summed E-state index contributed by atoms with van der Waals surface area (Å²) < 4.78 is 38.9. The molecule has 0 aliphatic rings. The normalized spacial score (nSPS) is 14.9. The average molecular weight is 261 g/mol. The molecule has 1 aromatic rings. The third-order valence-corrected chi connectivity index (χ3v) is 2.49. The molecule has 0 fully saturated rings. The van der Waals surface area contributed by atoms with Crippen molar-refractivity contribution in [2.45, 2.75) is 18.2 Å². The number of halogens is 3. The molecular weight excluding hydrogens is 247 g/mol. The van der Waals surface area contributed by atoms with Crippen LogP contribution in [0.4, 0.5) is 13.2 Å². The van der Waals surface area contributed by atoms with E-state index < -0.39 is 18.2 Å². The first-order chi connectivity index (χ1) is 8.27. The Balaban J connectivity index is 3.01. The Labute approximate surface area is 102 Å². The van der Waals surface area contributed by atoms with Gasteiger partial charge in [0.25, 0.3) is 0 Å². The maximum absolute atomic E-state index is 13.0. The van der Waals surface area contributed by atoms with Gasteiger partial charge in [0.15, 0.2) is 11.6 Å². The Bertz CT molecular complexity index is 415. The average Bonchev–Trinajstić information content (AvgIpc) is 2.28. The number of guanidine groups is 1. The van der Waals surface area contributed by atoms with Gasteiger partial charge in [-0.15, -0.1) is 0 Å². The molecule has 0 amide bonds. The lowest BCUT2D eigenvalue weighted by molar-refractivity contribution is -0.268. The van der Waals surface area contributed by atoms with Crippen LogP contribution in [0.3, 0.4) is 0 Å². The summed E-state index contributed by atoms with van der Waals surface area (Å²) in [6.07, 6.45) is -5.44. The van der Waals surface area contributed by atoms with Crippen LogP contribution < -0.4 is 11.5 Å². The van der Waals surface area contributed by atoms with Crippen LogP contribution in [0, 0.1) is 0 Å². The molecule has 1 rings (SSSR count). The summed E-state index contributed by atoms with van der Waals surface area (Å²) in [4.78, 5) is 3.46. The van der Waals surface area contributed by atoms with E-state index in [-0.39, 0.29) is 18.1 Å². The molecule has 0 saturated heterocycles. The van der Waals surface area contributed by atoms with Crippen molar-refractivity contribution < 1.29 is 18.3 Å². The summed E-state index contributed by atoms with van der Waals surface area (Å²) in [5.41, 5.74) is 6.88. The number of benzene rings is 1. The molecule has 18 heavy (non-hydrogen) atoms. The minimum atomic E-state index is -4.80. The van der Waals surface area contributed by atoms with Crippen molar-refractivity contribution in [2.75, 3.05) is 6.54 Å². The number of aliphatic imine (C=N–C) groups is 1. The highest BCUT2D eigenvalue weighted by atomic mass is 19.4. The second kappa shape index (κ2) is 5.26. The quantitative estimate of drug-likeness (QED) is 0.560. The van der Waals surface area contributed by atoms with Crippen molar-refractivity contribution in [3.8, 4) is 0 Å². The SMILES string of the molecule is NC(N)=NCCC(O)(c1ccccc1)C(F)(F)F. The first kappa shape index (κ1) is 14.3. The Morgan fingerprint density at radius 2 is 1.72 bits per heavy atom. The molecule has 0 bridgehead atoms. The topological polar surface area (TPSA) is 84.6 Å². The van der Waals surface area contributed by atoms with E-state index in [4.69, 9.17) is 11.5 Å². The maximum Gasteiger partial charge on any atom is 0.421 e. The molecule has 5 N–H and O–H groups in total. The smallest absolute Gasteiger partial charge is 0.376 e. The summed E-state index contributed by atoms with van der Waals surface area (Å²) in [6.45, 7) is -0.312. The Morgan fingerprint density at radius 1 is 1.17 bits per heavy atom. The minimum absolute atomic E-state index is 0.233. The van der Waals surface area contributed by atoms with Crippen LogP contribution >= 0.6 is 0 Å². The molecule has 0 saturated carbocycles. The summed E-state index contributed by atoms with van der Waals surface area (Å²) >= 11 is 0. The van der Waals surface area contributed by atoms with Crippen LogP contribution in [0.5, 0.6) is 0 Å². The molecule has 1 unspecified atom stereocenters. The molecule has 0 spiro atoms. The van der Waals surface area contributed by atoms with Gasteiger partial charge in [-0.25, -0.2) is 0 Å². The molecule has 0 aliphatic heterocycles. The third kappa shape index (κ3) is 3.13. The lowest BCUT2D eigenvalue weighted by Gasteiger charge is -2.30. The van der Waals surface area contributed by atoms with Gasteiger partial charge in [-0.1, -0.05) is 30.3 Å². The fourth-order valence-electron chi connectivity index (χ4n) is 1.51. The zero-order valence-electron chi connectivity index (χ0n) is 9.48. The van der Waals surface area contributed by atoms with E-state index in [1.165, 1.54) is 24.3 Å². The molecule has 100 valence electrons. The lowest BCUT2D eigenvalue weighted by atomic mass is 9.90. The van der Waals surface area contributed by atoms with E-state index in [1.54, 1.807) is 6.07 Å². The highest BCUT2D eigenvalue weighted by Crippen LogP contribution is 2.41. The summed E-state index contributed by atoms with van der Waals surface area (Å²) in [5.74, 6) is -0.312. The van der Waals surface area contributed by atoms with E-state index in [9.17, 15) is 18.3 Å². The predicted molar refractivity (Wildman–Crippen MR) is 61.7 cm³/mol. The van der Waals surface area contributed by atoms with Crippen LogP contribution in [0.2, 0.25) is 0 Å². The van der Waals surface area contributed by atoms with E-state index in [1.807, 2.05) is 0 Å². The van der Waals surface area contributed by atoms with Gasteiger partial charge in [-0.05, 0) is 5.56 Å². The van der Waals surface area contributed by atoms with Gasteiger partial charge < -0.3 is 16.6 Å². The number of aliphatic hydroxyl groups is 1. The summed E-state index contributed by atoms with van der Waals surface area (Å²) in [5, 5.41) is 9.86. The maximum atomic E-state index is 13.0. The van der Waals surface area contributed by atoms with Crippen LogP contribution in [0.25, 0.3) is 0 Å². The number of hydrogen-bond acceptors (Lipinski definition) is 2. The van der Waals surface area contributed by atoms with Gasteiger partial charge in [0.05, 0.1) is 0 Å². The van der Waals surface area contributed by atoms with Gasteiger partial charge >= 0.3 is 6.18 Å². The van der Waals surface area contributed by atoms with Crippen molar-refractivity contribution in [2.24, 2.45) is 16.5 Å². The Hall–Kier alpha value is -1.76. The zero-order valence-corrected chi connectivity index (χ0v) is 9.48. The molecule has 1 atom stereocenters. The van der Waals surface area contributed by atoms with Gasteiger partial charge in [0, 0.05) is 13.0 Å². The monoisotopic (exact) mass is 261 g/mol. The molecule has 0 aliphatic carbocycles. The number of rotatable bonds is 4. The zero-order chi connectivity index (χ0) is 13.8. The van der Waals surface area contributed by atoms with E-state index in [2.05, 4.69) is 4.99 Å². The van der Waals surface area contributed by atoms with Crippen molar-refractivity contribution in [3.63, 3.8) is 0 Å². The van der Waals surface area contributed by atoms with Crippen molar-refractivity contribution in [1.82, 2.24) is 0 Å². The summed E-state index contributed by atoms with van der Waals surface area (Å²) in [7, 11) is 0. The van der Waals surface area contributed by atoms with Gasteiger partial charge in [-0.3, -0.25) is 4.99 Å². The van der Waals surface area contributed by atoms with E-state index in [0.717, 1.165) is 0 Å². The van der Waals surface area contributed by atoms with Crippen LogP contribution in [-0.4, -0.2) is 23.8 Å². The molecule has 0 aromatic heterocycles. The Kier molecular flexibility index (Phi) is 4.18. The molecule has 7 heteroatoms. The largest absolute Gasteiger partial charge is 0.421 e. The van der Waals surface area contributed by atoms with E-state index in [0.29, 0.717) is 0 Å². The van der Waals surface area contributed by atoms with Gasteiger partial charge in [0.1, 0.15) is 0 Å². The standard InChI is InChI=1S/C11H14F3N3O/c12-11(13,14)10(18,6-7-17-9(15)16)8-4-2-1-3-5-8/h1-5,18H,6-7H2,(H4,15,16,17).